The topological polar surface area (TPSA) is 82.6 Å². The maximum Gasteiger partial charge on any atom is 0.295 e. The SMILES string of the molecule is CCCCCN1C(=O)C(=O)/C(=C(\O)c2c[nH]c3ccccc23)C1c1ccc(OC(C)C)cc1. The standard InChI is InChI=1S/C27H30N2O4/c1-4-5-8-15-29-24(18-11-13-19(14-12-18)33-17(2)3)23(26(31)27(29)32)25(30)21-16-28-22-10-7-6-9-20(21)22/h6-7,9-14,16-17,24,28,30H,4-5,8,15H2,1-3H3/b25-23-. The van der Waals surface area contributed by atoms with Crippen LogP contribution in [0.2, 0.25) is 0 Å². The van der Waals surface area contributed by atoms with Gasteiger partial charge in [0.1, 0.15) is 11.5 Å². The van der Waals surface area contributed by atoms with Crippen LogP contribution in [0.4, 0.5) is 0 Å². The molecule has 1 amide bonds. The van der Waals surface area contributed by atoms with Crippen LogP contribution in [0.15, 0.2) is 60.3 Å². The van der Waals surface area contributed by atoms with Gasteiger partial charge in [-0.05, 0) is 44.0 Å². The molecule has 6 heteroatoms. The fourth-order valence-corrected chi connectivity index (χ4v) is 4.40. The Morgan fingerprint density at radius 1 is 1.09 bits per heavy atom. The van der Waals surface area contributed by atoms with E-state index in [1.807, 2.05) is 62.4 Å². The van der Waals surface area contributed by atoms with Crippen molar-refractivity contribution in [1.82, 2.24) is 9.88 Å². The number of para-hydroxylation sites is 1. The smallest absolute Gasteiger partial charge is 0.295 e. The number of fused-ring (bicyclic) bond motifs is 1. The van der Waals surface area contributed by atoms with Gasteiger partial charge in [0.2, 0.25) is 0 Å². The van der Waals surface area contributed by atoms with Crippen molar-refractivity contribution >= 4 is 28.4 Å². The zero-order valence-corrected chi connectivity index (χ0v) is 19.3. The van der Waals surface area contributed by atoms with Crippen molar-refractivity contribution in [1.29, 1.82) is 0 Å². The van der Waals surface area contributed by atoms with E-state index in [9.17, 15) is 14.7 Å². The summed E-state index contributed by atoms with van der Waals surface area (Å²) in [6, 6.07) is 14.3. The van der Waals surface area contributed by atoms with Crippen LogP contribution in [0, 0.1) is 0 Å². The van der Waals surface area contributed by atoms with Gasteiger partial charge in [-0.15, -0.1) is 0 Å². The number of likely N-dealkylation sites (tertiary alicyclic amines) is 1. The molecule has 33 heavy (non-hydrogen) atoms. The van der Waals surface area contributed by atoms with Crippen LogP contribution in [-0.4, -0.2) is 39.3 Å². The van der Waals surface area contributed by atoms with Crippen LogP contribution in [0.3, 0.4) is 0 Å². The number of unbranched alkanes of at least 4 members (excludes halogenated alkanes) is 2. The number of ketones is 1. The number of H-pyrrole nitrogens is 1. The monoisotopic (exact) mass is 446 g/mol. The Morgan fingerprint density at radius 2 is 1.82 bits per heavy atom. The second-order valence-corrected chi connectivity index (χ2v) is 8.68. The Labute approximate surface area is 193 Å². The molecule has 0 aliphatic carbocycles. The number of nitrogens with zero attached hydrogens (tertiary/aromatic N) is 1. The number of aromatic nitrogens is 1. The quantitative estimate of drug-likeness (QED) is 0.205. The maximum atomic E-state index is 13.2. The highest BCUT2D eigenvalue weighted by Crippen LogP contribution is 2.41. The molecule has 3 aromatic rings. The lowest BCUT2D eigenvalue weighted by molar-refractivity contribution is -0.139. The molecule has 0 radical (unpaired) electrons. The highest BCUT2D eigenvalue weighted by molar-refractivity contribution is 6.46. The first-order valence-corrected chi connectivity index (χ1v) is 11.5. The lowest BCUT2D eigenvalue weighted by atomic mass is 9.95. The van der Waals surface area contributed by atoms with Gasteiger partial charge in [0.15, 0.2) is 0 Å². The largest absolute Gasteiger partial charge is 0.507 e. The molecule has 2 heterocycles. The highest BCUT2D eigenvalue weighted by atomic mass is 16.5. The van der Waals surface area contributed by atoms with Crippen molar-refractivity contribution in [3.63, 3.8) is 0 Å². The number of amides is 1. The molecule has 1 atom stereocenters. The number of aliphatic hydroxyl groups excluding tert-OH is 1. The van der Waals surface area contributed by atoms with Crippen molar-refractivity contribution in [2.45, 2.75) is 52.2 Å². The second-order valence-electron chi connectivity index (χ2n) is 8.68. The number of Topliss-reactive ketones (excluding diaryl/α,β-unsaturated/α-hetero) is 1. The van der Waals surface area contributed by atoms with Gasteiger partial charge in [-0.2, -0.15) is 0 Å². The molecule has 1 aliphatic heterocycles. The molecule has 0 bridgehead atoms. The minimum atomic E-state index is -0.651. The van der Waals surface area contributed by atoms with Crippen LogP contribution in [0.25, 0.3) is 16.7 Å². The van der Waals surface area contributed by atoms with Gasteiger partial charge in [-0.25, -0.2) is 0 Å². The molecule has 6 nitrogen and oxygen atoms in total. The van der Waals surface area contributed by atoms with Gasteiger partial charge in [0, 0.05) is 29.2 Å². The minimum Gasteiger partial charge on any atom is -0.507 e. The van der Waals surface area contributed by atoms with Crippen LogP contribution < -0.4 is 4.74 Å². The number of benzene rings is 2. The molecule has 4 rings (SSSR count). The van der Waals surface area contributed by atoms with Crippen LogP contribution in [0.1, 0.15) is 57.2 Å². The number of rotatable bonds is 8. The summed E-state index contributed by atoms with van der Waals surface area (Å²) in [4.78, 5) is 30.9. The van der Waals surface area contributed by atoms with Gasteiger partial charge >= 0.3 is 0 Å². The Hall–Kier alpha value is -3.54. The lowest BCUT2D eigenvalue weighted by Crippen LogP contribution is -2.30. The molecular weight excluding hydrogens is 416 g/mol. The summed E-state index contributed by atoms with van der Waals surface area (Å²) in [6.45, 7) is 6.46. The maximum absolute atomic E-state index is 13.2. The first-order valence-electron chi connectivity index (χ1n) is 11.5. The first-order chi connectivity index (χ1) is 15.9. The van der Waals surface area contributed by atoms with E-state index in [1.54, 1.807) is 11.1 Å². The second kappa shape index (κ2) is 9.53. The van der Waals surface area contributed by atoms with Gasteiger partial charge in [0.05, 0.1) is 17.7 Å². The average Bonchev–Trinajstić information content (AvgIpc) is 3.34. The third-order valence-electron chi connectivity index (χ3n) is 5.95. The predicted molar refractivity (Wildman–Crippen MR) is 129 cm³/mol. The highest BCUT2D eigenvalue weighted by Gasteiger charge is 2.46. The number of ether oxygens (including phenoxy) is 1. The molecule has 1 fully saturated rings. The van der Waals surface area contributed by atoms with Crippen LogP contribution in [-0.2, 0) is 9.59 Å². The predicted octanol–water partition coefficient (Wildman–Crippen LogP) is 5.57. The van der Waals surface area contributed by atoms with E-state index in [-0.39, 0.29) is 17.4 Å². The average molecular weight is 447 g/mol. The van der Waals surface area contributed by atoms with Crippen molar-refractivity contribution in [2.75, 3.05) is 6.54 Å². The molecule has 0 spiro atoms. The molecule has 1 aliphatic rings. The minimum absolute atomic E-state index is 0.0393. The number of carbonyl (C=O) groups excluding carboxylic acids is 2. The molecule has 0 saturated carbocycles. The molecule has 2 aromatic carbocycles. The van der Waals surface area contributed by atoms with Gasteiger partial charge < -0.3 is 19.7 Å². The molecule has 1 unspecified atom stereocenters. The van der Waals surface area contributed by atoms with Crippen molar-refractivity contribution in [3.05, 3.63) is 71.4 Å². The summed E-state index contributed by atoms with van der Waals surface area (Å²) in [5, 5.41) is 12.1. The van der Waals surface area contributed by atoms with Crippen LogP contribution >= 0.6 is 0 Å². The van der Waals surface area contributed by atoms with Gasteiger partial charge in [-0.1, -0.05) is 50.1 Å². The zero-order valence-electron chi connectivity index (χ0n) is 19.3. The van der Waals surface area contributed by atoms with Gasteiger partial charge in [0.25, 0.3) is 11.7 Å². The Balaban J connectivity index is 1.81. The Morgan fingerprint density at radius 3 is 2.52 bits per heavy atom. The van der Waals surface area contributed by atoms with E-state index in [2.05, 4.69) is 11.9 Å². The number of aliphatic hydroxyl groups is 1. The van der Waals surface area contributed by atoms with E-state index in [0.29, 0.717) is 17.9 Å². The van der Waals surface area contributed by atoms with Crippen LogP contribution in [0.5, 0.6) is 5.75 Å². The summed E-state index contributed by atoms with van der Waals surface area (Å²) < 4.78 is 5.75. The summed E-state index contributed by atoms with van der Waals surface area (Å²) >= 11 is 0. The Bertz CT molecular complexity index is 1190. The van der Waals surface area contributed by atoms with E-state index >= 15 is 0 Å². The fraction of sp³-hybridized carbons (Fsp3) is 0.333. The van der Waals surface area contributed by atoms with E-state index in [4.69, 9.17) is 4.74 Å². The molecular formula is C27H30N2O4. The fourth-order valence-electron chi connectivity index (χ4n) is 4.40. The van der Waals surface area contributed by atoms with Crippen molar-refractivity contribution in [3.8, 4) is 5.75 Å². The number of aromatic amines is 1. The Kier molecular flexibility index (Phi) is 6.54. The first kappa shape index (κ1) is 22.6. The molecule has 1 saturated heterocycles. The summed E-state index contributed by atoms with van der Waals surface area (Å²) in [5.41, 5.74) is 2.26. The normalized spacial score (nSPS) is 17.9. The van der Waals surface area contributed by atoms with E-state index in [0.717, 1.165) is 35.7 Å². The zero-order chi connectivity index (χ0) is 23.5. The summed E-state index contributed by atoms with van der Waals surface area (Å²) in [7, 11) is 0. The third kappa shape index (κ3) is 4.38. The number of carbonyl (C=O) groups is 2. The number of hydrogen-bond donors (Lipinski definition) is 2. The lowest BCUT2D eigenvalue weighted by Gasteiger charge is -2.25. The van der Waals surface area contributed by atoms with E-state index in [1.165, 1.54) is 0 Å². The third-order valence-corrected chi connectivity index (χ3v) is 5.95. The molecule has 172 valence electrons. The van der Waals surface area contributed by atoms with Crippen molar-refractivity contribution < 1.29 is 19.4 Å². The summed E-state index contributed by atoms with van der Waals surface area (Å²) in [5.74, 6) is -0.661. The molecule has 2 N–H and O–H groups in total. The number of hydrogen-bond acceptors (Lipinski definition) is 4. The van der Waals surface area contributed by atoms with Gasteiger partial charge in [-0.3, -0.25) is 9.59 Å². The number of nitrogens with one attached hydrogen (secondary N) is 1. The van der Waals surface area contributed by atoms with Crippen molar-refractivity contribution in [2.24, 2.45) is 0 Å². The van der Waals surface area contributed by atoms with E-state index < -0.39 is 17.7 Å². The summed E-state index contributed by atoms with van der Waals surface area (Å²) in [6.07, 6.45) is 4.48. The molecule has 1 aromatic heterocycles.